The molecule has 90 valence electrons. The van der Waals surface area contributed by atoms with E-state index < -0.39 is 0 Å². The molecule has 0 aliphatic heterocycles. The van der Waals surface area contributed by atoms with Crippen LogP contribution in [-0.4, -0.2) is 50.6 Å². The second-order valence-corrected chi connectivity index (χ2v) is 4.38. The van der Waals surface area contributed by atoms with Crippen LogP contribution in [0.2, 0.25) is 0 Å². The van der Waals surface area contributed by atoms with Gasteiger partial charge in [0.05, 0.1) is 0 Å². The van der Waals surface area contributed by atoms with Crippen LogP contribution in [0.15, 0.2) is 0 Å². The van der Waals surface area contributed by atoms with E-state index in [-0.39, 0.29) is 17.9 Å². The molecule has 2 unspecified atom stereocenters. The summed E-state index contributed by atoms with van der Waals surface area (Å²) in [5, 5.41) is 6.17. The van der Waals surface area contributed by atoms with Crippen molar-refractivity contribution in [1.29, 1.82) is 0 Å². The van der Waals surface area contributed by atoms with E-state index in [0.29, 0.717) is 0 Å². The van der Waals surface area contributed by atoms with Gasteiger partial charge in [0.15, 0.2) is 0 Å². The van der Waals surface area contributed by atoms with Crippen molar-refractivity contribution in [3.8, 4) is 0 Å². The fourth-order valence-corrected chi connectivity index (χ4v) is 1.43. The van der Waals surface area contributed by atoms with E-state index in [1.165, 1.54) is 0 Å². The Kier molecular flexibility index (Phi) is 7.34. The van der Waals surface area contributed by atoms with Crippen molar-refractivity contribution in [3.05, 3.63) is 0 Å². The van der Waals surface area contributed by atoms with Crippen LogP contribution in [0.3, 0.4) is 0 Å². The van der Waals surface area contributed by atoms with Gasteiger partial charge in [0.1, 0.15) is 0 Å². The second kappa shape index (κ2) is 7.65. The molecule has 0 aliphatic rings. The molecule has 0 spiro atoms. The Morgan fingerprint density at radius 1 is 1.33 bits per heavy atom. The predicted molar refractivity (Wildman–Crippen MR) is 63.9 cm³/mol. The number of carbonyl (C=O) groups is 1. The Labute approximate surface area is 93.4 Å². The first-order valence-corrected chi connectivity index (χ1v) is 5.63. The van der Waals surface area contributed by atoms with Crippen LogP contribution >= 0.6 is 0 Å². The van der Waals surface area contributed by atoms with E-state index >= 15 is 0 Å². The Balaban J connectivity index is 3.80. The summed E-state index contributed by atoms with van der Waals surface area (Å²) in [5.41, 5.74) is 0. The number of amides is 1. The highest BCUT2D eigenvalue weighted by Crippen LogP contribution is 1.94. The van der Waals surface area contributed by atoms with E-state index in [1.54, 1.807) is 0 Å². The maximum atomic E-state index is 11.7. The third-order valence-electron chi connectivity index (χ3n) is 2.18. The first kappa shape index (κ1) is 14.4. The third-order valence-corrected chi connectivity index (χ3v) is 2.18. The van der Waals surface area contributed by atoms with Crippen molar-refractivity contribution in [1.82, 2.24) is 15.5 Å². The van der Waals surface area contributed by atoms with Gasteiger partial charge in [0.2, 0.25) is 5.91 Å². The summed E-state index contributed by atoms with van der Waals surface area (Å²) in [6.45, 7) is 8.54. The van der Waals surface area contributed by atoms with Gasteiger partial charge >= 0.3 is 0 Å². The minimum Gasteiger partial charge on any atom is -0.352 e. The Hall–Kier alpha value is -0.610. The average molecular weight is 215 g/mol. The Morgan fingerprint density at radius 2 is 1.93 bits per heavy atom. The summed E-state index contributed by atoms with van der Waals surface area (Å²) < 4.78 is 0. The smallest absolute Gasteiger partial charge is 0.224 e. The molecule has 0 aromatic carbocycles. The number of rotatable bonds is 7. The van der Waals surface area contributed by atoms with Crippen LogP contribution in [0.1, 0.15) is 20.8 Å². The van der Waals surface area contributed by atoms with Crippen LogP contribution in [0.25, 0.3) is 0 Å². The van der Waals surface area contributed by atoms with Gasteiger partial charge < -0.3 is 15.5 Å². The summed E-state index contributed by atoms with van der Waals surface area (Å²) in [6.07, 6.45) is 0. The van der Waals surface area contributed by atoms with Gasteiger partial charge in [-0.2, -0.15) is 0 Å². The predicted octanol–water partition coefficient (Wildman–Crippen LogP) is 0.298. The summed E-state index contributed by atoms with van der Waals surface area (Å²) in [7, 11) is 4.01. The lowest BCUT2D eigenvalue weighted by Gasteiger charge is -2.20. The minimum absolute atomic E-state index is 0.0366. The maximum absolute atomic E-state index is 11.7. The summed E-state index contributed by atoms with van der Waals surface area (Å²) in [5.74, 6) is 0.167. The summed E-state index contributed by atoms with van der Waals surface area (Å²) >= 11 is 0. The molecular formula is C11H25N3O. The molecule has 2 atom stereocenters. The molecule has 1 amide bonds. The van der Waals surface area contributed by atoms with Crippen molar-refractivity contribution in [3.63, 3.8) is 0 Å². The fourth-order valence-electron chi connectivity index (χ4n) is 1.43. The zero-order valence-corrected chi connectivity index (χ0v) is 10.6. The SMILES string of the molecule is CCNCC(C)C(=O)NC(C)CN(C)C. The van der Waals surface area contributed by atoms with Gasteiger partial charge in [-0.3, -0.25) is 4.79 Å². The minimum atomic E-state index is 0.0366. The van der Waals surface area contributed by atoms with Crippen molar-refractivity contribution in [2.75, 3.05) is 33.7 Å². The lowest BCUT2D eigenvalue weighted by molar-refractivity contribution is -0.125. The van der Waals surface area contributed by atoms with E-state index in [4.69, 9.17) is 0 Å². The molecule has 4 nitrogen and oxygen atoms in total. The summed E-state index contributed by atoms with van der Waals surface area (Å²) in [4.78, 5) is 13.7. The molecule has 2 N–H and O–H groups in total. The first-order valence-electron chi connectivity index (χ1n) is 5.63. The Morgan fingerprint density at radius 3 is 2.40 bits per heavy atom. The monoisotopic (exact) mass is 215 g/mol. The van der Waals surface area contributed by atoms with Gasteiger partial charge in [-0.1, -0.05) is 13.8 Å². The van der Waals surface area contributed by atoms with Crippen molar-refractivity contribution >= 4 is 5.91 Å². The summed E-state index contributed by atoms with van der Waals surface area (Å²) in [6, 6.07) is 0.205. The highest BCUT2D eigenvalue weighted by Gasteiger charge is 2.14. The molecule has 0 saturated carbocycles. The number of nitrogens with zero attached hydrogens (tertiary/aromatic N) is 1. The quantitative estimate of drug-likeness (QED) is 0.642. The lowest BCUT2D eigenvalue weighted by Crippen LogP contribution is -2.43. The largest absolute Gasteiger partial charge is 0.352 e. The highest BCUT2D eigenvalue weighted by molar-refractivity contribution is 5.78. The van der Waals surface area contributed by atoms with Crippen LogP contribution < -0.4 is 10.6 Å². The second-order valence-electron chi connectivity index (χ2n) is 4.38. The molecule has 0 saturated heterocycles. The average Bonchev–Trinajstić information content (AvgIpc) is 2.12. The molecule has 0 radical (unpaired) electrons. The number of nitrogens with one attached hydrogen (secondary N) is 2. The molecule has 0 rings (SSSR count). The molecule has 0 aliphatic carbocycles. The van der Waals surface area contributed by atoms with E-state index in [0.717, 1.165) is 19.6 Å². The number of carbonyl (C=O) groups excluding carboxylic acids is 1. The van der Waals surface area contributed by atoms with Crippen molar-refractivity contribution < 1.29 is 4.79 Å². The van der Waals surface area contributed by atoms with Gasteiger partial charge in [-0.05, 0) is 27.6 Å². The topological polar surface area (TPSA) is 44.4 Å². The zero-order chi connectivity index (χ0) is 11.8. The molecule has 0 aromatic heterocycles. The normalized spacial score (nSPS) is 15.1. The lowest BCUT2D eigenvalue weighted by atomic mass is 10.1. The van der Waals surface area contributed by atoms with Crippen LogP contribution in [0, 0.1) is 5.92 Å². The van der Waals surface area contributed by atoms with Gasteiger partial charge in [-0.15, -0.1) is 0 Å². The van der Waals surface area contributed by atoms with E-state index in [2.05, 4.69) is 15.5 Å². The standard InChI is InChI=1S/C11H25N3O/c1-6-12-7-9(2)11(15)13-10(3)8-14(4)5/h9-10,12H,6-8H2,1-5H3,(H,13,15). The van der Waals surface area contributed by atoms with Crippen LogP contribution in [0.5, 0.6) is 0 Å². The number of hydrogen-bond donors (Lipinski definition) is 2. The van der Waals surface area contributed by atoms with Crippen LogP contribution in [0.4, 0.5) is 0 Å². The molecule has 0 aromatic rings. The highest BCUT2D eigenvalue weighted by atomic mass is 16.1. The molecule has 0 bridgehead atoms. The third kappa shape index (κ3) is 7.33. The van der Waals surface area contributed by atoms with E-state index in [1.807, 2.05) is 34.9 Å². The molecule has 4 heteroatoms. The molecule has 15 heavy (non-hydrogen) atoms. The van der Waals surface area contributed by atoms with Gasteiger partial charge in [-0.25, -0.2) is 0 Å². The van der Waals surface area contributed by atoms with Gasteiger partial charge in [0.25, 0.3) is 0 Å². The Bertz CT molecular complexity index is 183. The number of likely N-dealkylation sites (N-methyl/N-ethyl adjacent to an activating group) is 1. The van der Waals surface area contributed by atoms with Crippen LogP contribution in [-0.2, 0) is 4.79 Å². The molecular weight excluding hydrogens is 190 g/mol. The molecule has 0 fully saturated rings. The zero-order valence-electron chi connectivity index (χ0n) is 10.6. The fraction of sp³-hybridized carbons (Fsp3) is 0.909. The maximum Gasteiger partial charge on any atom is 0.224 e. The van der Waals surface area contributed by atoms with Crippen molar-refractivity contribution in [2.24, 2.45) is 5.92 Å². The van der Waals surface area contributed by atoms with E-state index in [9.17, 15) is 4.79 Å². The van der Waals surface area contributed by atoms with Gasteiger partial charge in [0, 0.05) is 25.0 Å². The first-order chi connectivity index (χ1) is 6.97. The van der Waals surface area contributed by atoms with Crippen molar-refractivity contribution in [2.45, 2.75) is 26.8 Å². The molecule has 0 heterocycles. The number of hydrogen-bond acceptors (Lipinski definition) is 3.